The van der Waals surface area contributed by atoms with Crippen LogP contribution in [0.5, 0.6) is 0 Å². The summed E-state index contributed by atoms with van der Waals surface area (Å²) in [7, 11) is 0. The fourth-order valence-corrected chi connectivity index (χ4v) is 2.67. The zero-order valence-corrected chi connectivity index (χ0v) is 11.0. The van der Waals surface area contributed by atoms with Crippen LogP contribution in [0.3, 0.4) is 0 Å². The molecule has 0 spiro atoms. The first-order valence-electron chi connectivity index (χ1n) is 6.01. The molecule has 2 heterocycles. The highest BCUT2D eigenvalue weighted by Gasteiger charge is 2.25. The molecule has 1 unspecified atom stereocenters. The molecule has 1 aliphatic rings. The Balaban J connectivity index is 1.92. The summed E-state index contributed by atoms with van der Waals surface area (Å²) in [6.07, 6.45) is 3.09. The molecule has 0 radical (unpaired) electrons. The summed E-state index contributed by atoms with van der Waals surface area (Å²) in [6, 6.07) is 8.47. The van der Waals surface area contributed by atoms with Crippen molar-refractivity contribution in [3.8, 4) is 0 Å². The number of thioether (sulfide) groups is 1. The second-order valence-electron chi connectivity index (χ2n) is 4.32. The molecule has 5 heteroatoms. The predicted molar refractivity (Wildman–Crippen MR) is 71.5 cm³/mol. The Labute approximate surface area is 110 Å². The summed E-state index contributed by atoms with van der Waals surface area (Å²) in [5, 5.41) is 7.45. The van der Waals surface area contributed by atoms with Crippen molar-refractivity contribution in [3.63, 3.8) is 0 Å². The number of benzene rings is 1. The van der Waals surface area contributed by atoms with Crippen LogP contribution < -0.4 is 5.32 Å². The fourth-order valence-electron chi connectivity index (χ4n) is 2.30. The maximum absolute atomic E-state index is 5.38. The van der Waals surface area contributed by atoms with Crippen LogP contribution in [0, 0.1) is 0 Å². The SMILES string of the molecule is CSCc1noc(C2NCCc3ccccc32)n1. The van der Waals surface area contributed by atoms with Crippen LogP contribution in [0.1, 0.15) is 28.9 Å². The highest BCUT2D eigenvalue weighted by atomic mass is 32.2. The smallest absolute Gasteiger partial charge is 0.248 e. The third kappa shape index (κ3) is 2.15. The van der Waals surface area contributed by atoms with Gasteiger partial charge in [-0.2, -0.15) is 16.7 Å². The average molecular weight is 261 g/mol. The van der Waals surface area contributed by atoms with Crippen molar-refractivity contribution in [2.75, 3.05) is 12.8 Å². The van der Waals surface area contributed by atoms with Gasteiger partial charge in [0.2, 0.25) is 5.89 Å². The van der Waals surface area contributed by atoms with Gasteiger partial charge < -0.3 is 9.84 Å². The molecule has 3 rings (SSSR count). The Morgan fingerprint density at radius 3 is 3.22 bits per heavy atom. The highest BCUT2D eigenvalue weighted by molar-refractivity contribution is 7.97. The topological polar surface area (TPSA) is 51.0 Å². The average Bonchev–Trinajstić information content (AvgIpc) is 2.87. The second-order valence-corrected chi connectivity index (χ2v) is 5.18. The molecule has 0 fully saturated rings. The molecule has 1 N–H and O–H groups in total. The lowest BCUT2D eigenvalue weighted by Gasteiger charge is -2.23. The van der Waals surface area contributed by atoms with Gasteiger partial charge in [0.1, 0.15) is 6.04 Å². The highest BCUT2D eigenvalue weighted by Crippen LogP contribution is 2.27. The van der Waals surface area contributed by atoms with E-state index in [1.807, 2.05) is 6.26 Å². The molecule has 0 amide bonds. The third-order valence-corrected chi connectivity index (χ3v) is 3.66. The van der Waals surface area contributed by atoms with Crippen molar-refractivity contribution in [1.29, 1.82) is 0 Å². The van der Waals surface area contributed by atoms with Crippen molar-refractivity contribution in [3.05, 3.63) is 47.1 Å². The van der Waals surface area contributed by atoms with Crippen molar-refractivity contribution in [2.24, 2.45) is 0 Å². The molecular formula is C13H15N3OS. The third-order valence-electron chi connectivity index (χ3n) is 3.11. The molecule has 2 aromatic rings. The van der Waals surface area contributed by atoms with E-state index in [0.29, 0.717) is 5.89 Å². The number of fused-ring (bicyclic) bond motifs is 1. The van der Waals surface area contributed by atoms with E-state index in [9.17, 15) is 0 Å². The minimum atomic E-state index is 0.0399. The lowest BCUT2D eigenvalue weighted by atomic mass is 9.94. The molecule has 0 bridgehead atoms. The summed E-state index contributed by atoms with van der Waals surface area (Å²) >= 11 is 1.69. The lowest BCUT2D eigenvalue weighted by molar-refractivity contribution is 0.341. The van der Waals surface area contributed by atoms with Gasteiger partial charge in [0.25, 0.3) is 0 Å². The molecular weight excluding hydrogens is 246 g/mol. The van der Waals surface area contributed by atoms with Gasteiger partial charge in [0, 0.05) is 6.54 Å². The van der Waals surface area contributed by atoms with Gasteiger partial charge in [-0.05, 0) is 23.8 Å². The number of nitrogens with one attached hydrogen (secondary N) is 1. The number of hydrogen-bond donors (Lipinski definition) is 1. The molecule has 1 atom stereocenters. The van der Waals surface area contributed by atoms with Gasteiger partial charge in [-0.25, -0.2) is 0 Å². The van der Waals surface area contributed by atoms with Crippen LogP contribution in [0.2, 0.25) is 0 Å². The van der Waals surface area contributed by atoms with Crippen LogP contribution in [-0.2, 0) is 12.2 Å². The van der Waals surface area contributed by atoms with Gasteiger partial charge in [0.15, 0.2) is 5.82 Å². The van der Waals surface area contributed by atoms with Crippen LogP contribution in [-0.4, -0.2) is 22.9 Å². The van der Waals surface area contributed by atoms with Crippen molar-refractivity contribution in [1.82, 2.24) is 15.5 Å². The van der Waals surface area contributed by atoms with Crippen LogP contribution in [0.15, 0.2) is 28.8 Å². The number of aromatic nitrogens is 2. The lowest BCUT2D eigenvalue weighted by Crippen LogP contribution is -2.30. The standard InChI is InChI=1S/C13H15N3OS/c1-18-8-11-15-13(17-16-11)12-10-5-3-2-4-9(10)6-7-14-12/h2-5,12,14H,6-8H2,1H3. The van der Waals surface area contributed by atoms with E-state index in [4.69, 9.17) is 4.52 Å². The maximum atomic E-state index is 5.38. The predicted octanol–water partition coefficient (Wildman–Crippen LogP) is 2.17. The summed E-state index contributed by atoms with van der Waals surface area (Å²) in [5.74, 6) is 2.23. The summed E-state index contributed by atoms with van der Waals surface area (Å²) in [5.41, 5.74) is 2.62. The fraction of sp³-hybridized carbons (Fsp3) is 0.385. The number of hydrogen-bond acceptors (Lipinski definition) is 5. The maximum Gasteiger partial charge on any atom is 0.248 e. The second kappa shape index (κ2) is 5.12. The monoisotopic (exact) mass is 261 g/mol. The zero-order chi connectivity index (χ0) is 12.4. The molecule has 94 valence electrons. The van der Waals surface area contributed by atoms with E-state index in [0.717, 1.165) is 24.5 Å². The summed E-state index contributed by atoms with van der Waals surface area (Å²) in [6.45, 7) is 0.946. The van der Waals surface area contributed by atoms with E-state index in [1.165, 1.54) is 11.1 Å². The Morgan fingerprint density at radius 2 is 2.33 bits per heavy atom. The van der Waals surface area contributed by atoms with Gasteiger partial charge in [-0.1, -0.05) is 29.4 Å². The van der Waals surface area contributed by atoms with Gasteiger partial charge in [0.05, 0.1) is 5.75 Å². The van der Waals surface area contributed by atoms with Crippen LogP contribution >= 0.6 is 11.8 Å². The first-order valence-corrected chi connectivity index (χ1v) is 7.40. The first kappa shape index (κ1) is 11.7. The number of rotatable bonds is 3. The minimum absolute atomic E-state index is 0.0399. The molecule has 0 saturated heterocycles. The van der Waals surface area contributed by atoms with Crippen LogP contribution in [0.4, 0.5) is 0 Å². The van der Waals surface area contributed by atoms with Gasteiger partial charge in [-0.3, -0.25) is 0 Å². The largest absolute Gasteiger partial charge is 0.337 e. The molecule has 4 nitrogen and oxygen atoms in total. The summed E-state index contributed by atoms with van der Waals surface area (Å²) < 4.78 is 5.38. The Bertz CT molecular complexity index is 541. The molecule has 0 saturated carbocycles. The molecule has 1 aromatic carbocycles. The molecule has 1 aliphatic heterocycles. The van der Waals surface area contributed by atoms with Crippen molar-refractivity contribution >= 4 is 11.8 Å². The normalized spacial score (nSPS) is 18.6. The van der Waals surface area contributed by atoms with E-state index < -0.39 is 0 Å². The quantitative estimate of drug-likeness (QED) is 0.917. The van der Waals surface area contributed by atoms with Crippen LogP contribution in [0.25, 0.3) is 0 Å². The van der Waals surface area contributed by atoms with E-state index in [1.54, 1.807) is 11.8 Å². The molecule has 0 aliphatic carbocycles. The first-order chi connectivity index (χ1) is 8.88. The summed E-state index contributed by atoms with van der Waals surface area (Å²) in [4.78, 5) is 4.46. The van der Waals surface area contributed by atoms with Crippen molar-refractivity contribution in [2.45, 2.75) is 18.2 Å². The van der Waals surface area contributed by atoms with Crippen molar-refractivity contribution < 1.29 is 4.52 Å². The zero-order valence-electron chi connectivity index (χ0n) is 10.2. The van der Waals surface area contributed by atoms with Gasteiger partial charge >= 0.3 is 0 Å². The Hall–Kier alpha value is -1.33. The van der Waals surface area contributed by atoms with E-state index in [2.05, 4.69) is 39.7 Å². The van der Waals surface area contributed by atoms with Gasteiger partial charge in [-0.15, -0.1) is 0 Å². The Kier molecular flexibility index (Phi) is 3.34. The molecule has 18 heavy (non-hydrogen) atoms. The Morgan fingerprint density at radius 1 is 1.44 bits per heavy atom. The number of nitrogens with zero attached hydrogens (tertiary/aromatic N) is 2. The molecule has 1 aromatic heterocycles. The van der Waals surface area contributed by atoms with E-state index >= 15 is 0 Å². The van der Waals surface area contributed by atoms with E-state index in [-0.39, 0.29) is 6.04 Å². The minimum Gasteiger partial charge on any atom is -0.337 e.